The van der Waals surface area contributed by atoms with Crippen molar-refractivity contribution in [3.05, 3.63) is 42.7 Å². The van der Waals surface area contributed by atoms with Crippen molar-refractivity contribution >= 4 is 46.4 Å². The number of anilines is 1. The van der Waals surface area contributed by atoms with E-state index in [4.69, 9.17) is 29.8 Å². The van der Waals surface area contributed by atoms with E-state index in [2.05, 4.69) is 23.6 Å². The number of aliphatic hydroxyl groups is 3. The summed E-state index contributed by atoms with van der Waals surface area (Å²) in [6, 6.07) is 2.80. The highest BCUT2D eigenvalue weighted by Crippen LogP contribution is 2.73. The lowest BCUT2D eigenvalue weighted by Gasteiger charge is -2.31. The first-order valence-corrected chi connectivity index (χ1v) is 17.9. The van der Waals surface area contributed by atoms with E-state index in [1.54, 1.807) is 0 Å². The Bertz CT molecular complexity index is 1890. The van der Waals surface area contributed by atoms with Crippen molar-refractivity contribution in [3.8, 4) is 0 Å². The van der Waals surface area contributed by atoms with Gasteiger partial charge in [0.2, 0.25) is 12.2 Å². The Morgan fingerprint density at radius 2 is 1.75 bits per heavy atom. The number of carbonyl (C=O) groups is 1. The minimum Gasteiger partial charge on any atom is -0.387 e. The SMILES string of the molecule is NC(=O)c1ccc[n+]([C@@H]2O[C@H](COP(=O)(O)OP(=O)(O)OC[C@@H]3[C@@H](O)[C@@]4(OP(=O)(O)O)[C@H](n5cnc6c(N)ncnc65)[O+]34)[C@@H](O)[C@H]2O)c1. The number of amides is 1. The third-order valence-electron chi connectivity index (χ3n) is 7.64. The number of rotatable bonds is 13. The van der Waals surface area contributed by atoms with Crippen molar-refractivity contribution in [2.24, 2.45) is 5.73 Å². The molecular formula is C21H28N7O17P3+2. The first kappa shape index (κ1) is 35.0. The summed E-state index contributed by atoms with van der Waals surface area (Å²) in [7, 11) is -16.2. The van der Waals surface area contributed by atoms with Crippen LogP contribution in [0.1, 0.15) is 22.8 Å². The molecule has 6 rings (SSSR count). The van der Waals surface area contributed by atoms with Crippen LogP contribution in [-0.2, 0) is 40.7 Å². The van der Waals surface area contributed by atoms with Crippen molar-refractivity contribution in [1.29, 1.82) is 0 Å². The molecule has 1 amide bonds. The van der Waals surface area contributed by atoms with Crippen molar-refractivity contribution in [2.45, 2.75) is 48.8 Å². The highest BCUT2D eigenvalue weighted by Gasteiger charge is 2.96. The molecule has 3 aliphatic heterocycles. The van der Waals surface area contributed by atoms with Crippen LogP contribution in [0.4, 0.5) is 5.82 Å². The lowest BCUT2D eigenvalue weighted by atomic mass is 10.0. The van der Waals surface area contributed by atoms with Crippen molar-refractivity contribution in [3.63, 3.8) is 0 Å². The number of pyridine rings is 1. The fourth-order valence-corrected chi connectivity index (χ4v) is 8.30. The summed E-state index contributed by atoms with van der Waals surface area (Å²) < 4.78 is 65.6. The number of ether oxygens (including phenoxy) is 1. The second-order valence-electron chi connectivity index (χ2n) is 10.7. The standard InChI is InChI=1S/C21H26N7O17P3/c22-16-12-18(25-7-24-16)28(8-26-12)20-21(43-46(33,34)35)15(31)11(45(20)21)6-41-48(38,39)44-47(36,37)40-5-10-13(29)14(30)19(42-10)27-3-1-2-9(4-27)17(23)32/h1-4,7-8,10-11,13-15,19-20,29-31H,5-6H2,(H6-2,22,23,24,25,32,33,34,35,36,37,38,39)/p+2/t10-,11-,13-,14-,15-,19-,20-,21+/m1/s1. The molecule has 0 aliphatic carbocycles. The Morgan fingerprint density at radius 1 is 1.06 bits per heavy atom. The van der Waals surface area contributed by atoms with Crippen LogP contribution in [0.3, 0.4) is 0 Å². The predicted octanol–water partition coefficient (Wildman–Crippen LogP) is -3.02. The van der Waals surface area contributed by atoms with E-state index in [0.29, 0.717) is 0 Å². The van der Waals surface area contributed by atoms with Gasteiger partial charge in [-0.2, -0.15) is 13.4 Å². The molecule has 48 heavy (non-hydrogen) atoms. The number of nitrogen functional groups attached to an aromatic ring is 1. The second kappa shape index (κ2) is 12.2. The van der Waals surface area contributed by atoms with Crippen LogP contribution in [0.15, 0.2) is 37.2 Å². The number of phosphoric ester groups is 3. The maximum absolute atomic E-state index is 12.6. The van der Waals surface area contributed by atoms with Gasteiger partial charge in [-0.15, -0.1) is 0 Å². The minimum atomic E-state index is -5.47. The molecule has 6 heterocycles. The lowest BCUT2D eigenvalue weighted by molar-refractivity contribution is -0.765. The predicted molar refractivity (Wildman–Crippen MR) is 149 cm³/mol. The first-order chi connectivity index (χ1) is 22.4. The summed E-state index contributed by atoms with van der Waals surface area (Å²) in [5, 5.41) is 31.6. The Kier molecular flexibility index (Phi) is 8.87. The maximum atomic E-state index is 12.6. The molecule has 3 saturated heterocycles. The molecule has 27 heteroatoms. The number of fused-ring (bicyclic) bond motifs is 2. The third kappa shape index (κ3) is 6.32. The number of epoxide rings is 1. The Labute approximate surface area is 267 Å². The topological polar surface area (TPSA) is 358 Å². The van der Waals surface area contributed by atoms with Gasteiger partial charge < -0.3 is 55.5 Å². The van der Waals surface area contributed by atoms with E-state index < -0.39 is 91.4 Å². The normalized spacial score (nSPS) is 32.7. The fraction of sp³-hybridized carbons (Fsp3) is 0.476. The lowest BCUT2D eigenvalue weighted by Crippen LogP contribution is -2.56. The summed E-state index contributed by atoms with van der Waals surface area (Å²) in [6.45, 7) is -1.88. The Morgan fingerprint density at radius 3 is 2.42 bits per heavy atom. The summed E-state index contributed by atoms with van der Waals surface area (Å²) in [5.41, 5.74) is 11.3. The molecule has 2 unspecified atom stereocenters. The summed E-state index contributed by atoms with van der Waals surface area (Å²) in [4.78, 5) is 62.5. The largest absolute Gasteiger partial charge is 0.481 e. The van der Waals surface area contributed by atoms with Crippen LogP contribution in [0.5, 0.6) is 0 Å². The first-order valence-electron chi connectivity index (χ1n) is 13.4. The molecule has 24 nitrogen and oxygen atoms in total. The van der Waals surface area contributed by atoms with Gasteiger partial charge >= 0.3 is 35.5 Å². The van der Waals surface area contributed by atoms with Gasteiger partial charge in [0.05, 0.1) is 6.61 Å². The Balaban J connectivity index is 1.08. The quantitative estimate of drug-likeness (QED) is 0.0364. The van der Waals surface area contributed by atoms with Gasteiger partial charge in [-0.1, -0.05) is 0 Å². The Hall–Kier alpha value is -2.86. The van der Waals surface area contributed by atoms with E-state index in [1.165, 1.54) is 40.0 Å². The highest BCUT2D eigenvalue weighted by molar-refractivity contribution is 7.61. The molecule has 3 aliphatic rings. The molecule has 3 aromatic heterocycles. The number of primary amides is 1. The number of aliphatic hydroxyl groups excluding tert-OH is 3. The summed E-state index contributed by atoms with van der Waals surface area (Å²) in [5.74, 6) is -2.93. The van der Waals surface area contributed by atoms with E-state index in [9.17, 15) is 53.4 Å². The van der Waals surface area contributed by atoms with Gasteiger partial charge in [-0.25, -0.2) is 33.2 Å². The number of carbonyl (C=O) groups excluding carboxylic acids is 1. The zero-order chi connectivity index (χ0) is 35.0. The number of phosphoric acid groups is 3. The molecule has 0 aromatic carbocycles. The monoisotopic (exact) mass is 743 g/mol. The van der Waals surface area contributed by atoms with Gasteiger partial charge in [0.25, 0.3) is 12.1 Å². The smallest absolute Gasteiger partial charge is 0.387 e. The molecule has 0 spiro atoms. The van der Waals surface area contributed by atoms with E-state index in [-0.39, 0.29) is 22.5 Å². The minimum absolute atomic E-state index is 0.0231. The van der Waals surface area contributed by atoms with Crippen LogP contribution >= 0.6 is 23.5 Å². The van der Waals surface area contributed by atoms with Crippen LogP contribution in [-0.4, -0.2) is 110 Å². The zero-order valence-electron chi connectivity index (χ0n) is 23.9. The molecule has 0 radical (unpaired) electrons. The molecule has 0 saturated carbocycles. The van der Waals surface area contributed by atoms with Crippen LogP contribution in [0, 0.1) is 0 Å². The van der Waals surface area contributed by atoms with Gasteiger partial charge in [0.1, 0.15) is 42.5 Å². The molecule has 11 N–H and O–H groups in total. The van der Waals surface area contributed by atoms with Crippen molar-refractivity contribution in [1.82, 2.24) is 19.5 Å². The average molecular weight is 743 g/mol. The number of aromatic nitrogens is 5. The summed E-state index contributed by atoms with van der Waals surface area (Å²) >= 11 is 0. The fourth-order valence-electron chi connectivity index (χ4n) is 5.55. The van der Waals surface area contributed by atoms with Gasteiger partial charge in [-0.05, 0) is 6.07 Å². The van der Waals surface area contributed by atoms with Crippen LogP contribution < -0.4 is 16.0 Å². The highest BCUT2D eigenvalue weighted by atomic mass is 31.3. The van der Waals surface area contributed by atoms with Gasteiger partial charge in [0.15, 0.2) is 30.0 Å². The number of hydrogen-bond donors (Lipinski definition) is 9. The van der Waals surface area contributed by atoms with E-state index in [0.717, 1.165) is 6.33 Å². The number of nitrogens with zero attached hydrogens (tertiary/aromatic N) is 5. The molecule has 3 fully saturated rings. The second-order valence-corrected chi connectivity index (χ2v) is 14.9. The van der Waals surface area contributed by atoms with Crippen molar-refractivity contribution < 1.29 is 84.9 Å². The van der Waals surface area contributed by atoms with Crippen LogP contribution in [0.2, 0.25) is 0 Å². The summed E-state index contributed by atoms with van der Waals surface area (Å²) in [6.07, 6.45) is -5.62. The van der Waals surface area contributed by atoms with E-state index >= 15 is 0 Å². The van der Waals surface area contributed by atoms with Crippen molar-refractivity contribution in [2.75, 3.05) is 18.9 Å². The average Bonchev–Trinajstić information content (AvgIpc) is 3.21. The molecule has 262 valence electrons. The van der Waals surface area contributed by atoms with Gasteiger partial charge in [0, 0.05) is 6.07 Å². The van der Waals surface area contributed by atoms with Gasteiger partial charge in [-0.3, -0.25) is 13.8 Å². The van der Waals surface area contributed by atoms with E-state index in [1.807, 2.05) is 0 Å². The molecule has 0 bridgehead atoms. The third-order valence-corrected chi connectivity index (χ3v) is 10.8. The number of hydrogen-bond acceptors (Lipinski definition) is 16. The number of nitrogens with two attached hydrogens (primary N) is 2. The maximum Gasteiger partial charge on any atom is 0.481 e. The number of imidazole rings is 1. The molecular weight excluding hydrogens is 715 g/mol. The van der Waals surface area contributed by atoms with Crippen LogP contribution in [0.25, 0.3) is 11.2 Å². The molecule has 3 aromatic rings. The molecule has 10 atom stereocenters. The zero-order valence-corrected chi connectivity index (χ0v) is 26.5.